The van der Waals surface area contributed by atoms with Crippen molar-refractivity contribution in [3.8, 4) is 0 Å². The van der Waals surface area contributed by atoms with Crippen LogP contribution in [0.4, 0.5) is 0 Å². The quantitative estimate of drug-likeness (QED) is 0.780. The molecule has 0 aliphatic rings. The molecule has 1 rings (SSSR count). The molecular weight excluding hydrogens is 200 g/mol. The van der Waals surface area contributed by atoms with Crippen LogP contribution in [0.5, 0.6) is 0 Å². The molecule has 0 radical (unpaired) electrons. The summed E-state index contributed by atoms with van der Waals surface area (Å²) in [6.45, 7) is 2.01. The van der Waals surface area contributed by atoms with Gasteiger partial charge in [-0.1, -0.05) is 25.1 Å². The first kappa shape index (κ1) is 11.1. The first-order valence-corrected chi connectivity index (χ1v) is 5.05. The van der Waals surface area contributed by atoms with Crippen molar-refractivity contribution >= 4 is 17.6 Å². The van der Waals surface area contributed by atoms with E-state index in [1.165, 1.54) is 0 Å². The minimum Gasteiger partial charge on any atom is -0.478 e. The van der Waals surface area contributed by atoms with Crippen LogP contribution in [0, 0.1) is 5.92 Å². The van der Waals surface area contributed by atoms with Crippen LogP contribution >= 0.6 is 11.6 Å². The van der Waals surface area contributed by atoms with Crippen molar-refractivity contribution in [1.82, 2.24) is 0 Å². The summed E-state index contributed by atoms with van der Waals surface area (Å²) in [5, 5.41) is 8.92. The molecule has 1 unspecified atom stereocenters. The maximum absolute atomic E-state index is 10.9. The van der Waals surface area contributed by atoms with Crippen molar-refractivity contribution in [3.63, 3.8) is 0 Å². The number of rotatable bonds is 4. The number of carboxylic acid groups (broad SMARTS) is 1. The average Bonchev–Trinajstić information content (AvgIpc) is 2.18. The number of benzene rings is 1. The van der Waals surface area contributed by atoms with E-state index < -0.39 is 5.97 Å². The minimum absolute atomic E-state index is 0.303. The van der Waals surface area contributed by atoms with E-state index in [1.54, 1.807) is 12.1 Å². The molecule has 0 aliphatic carbocycles. The van der Waals surface area contributed by atoms with Crippen molar-refractivity contribution in [3.05, 3.63) is 35.4 Å². The van der Waals surface area contributed by atoms with Gasteiger partial charge >= 0.3 is 5.97 Å². The molecule has 1 aromatic rings. The Morgan fingerprint density at radius 1 is 1.50 bits per heavy atom. The van der Waals surface area contributed by atoms with Crippen LogP contribution < -0.4 is 0 Å². The third-order valence-corrected chi connectivity index (χ3v) is 2.61. The van der Waals surface area contributed by atoms with E-state index in [1.807, 2.05) is 19.1 Å². The Kier molecular flexibility index (Phi) is 3.96. The highest BCUT2D eigenvalue weighted by molar-refractivity contribution is 6.18. The topological polar surface area (TPSA) is 37.3 Å². The van der Waals surface area contributed by atoms with E-state index in [4.69, 9.17) is 16.7 Å². The van der Waals surface area contributed by atoms with E-state index in [0.29, 0.717) is 23.8 Å². The molecule has 0 spiro atoms. The Morgan fingerprint density at radius 3 is 2.71 bits per heavy atom. The lowest BCUT2D eigenvalue weighted by Gasteiger charge is -2.09. The molecule has 14 heavy (non-hydrogen) atoms. The normalized spacial score (nSPS) is 12.4. The molecule has 0 saturated carbocycles. The zero-order chi connectivity index (χ0) is 10.6. The van der Waals surface area contributed by atoms with Crippen LogP contribution in [0.15, 0.2) is 24.3 Å². The first-order valence-electron chi connectivity index (χ1n) is 4.52. The summed E-state index contributed by atoms with van der Waals surface area (Å²) in [4.78, 5) is 10.9. The summed E-state index contributed by atoms with van der Waals surface area (Å²) in [6, 6.07) is 7.05. The van der Waals surface area contributed by atoms with Gasteiger partial charge in [-0.15, -0.1) is 11.6 Å². The third kappa shape index (κ3) is 2.74. The van der Waals surface area contributed by atoms with Crippen LogP contribution in [0.25, 0.3) is 0 Å². The molecule has 0 heterocycles. The molecule has 1 N–H and O–H groups in total. The molecule has 1 atom stereocenters. The molecule has 0 amide bonds. The highest BCUT2D eigenvalue weighted by Crippen LogP contribution is 2.14. The fourth-order valence-electron chi connectivity index (χ4n) is 1.34. The van der Waals surface area contributed by atoms with Crippen molar-refractivity contribution in [2.45, 2.75) is 13.3 Å². The van der Waals surface area contributed by atoms with Gasteiger partial charge in [-0.2, -0.15) is 0 Å². The Labute approximate surface area is 88.5 Å². The van der Waals surface area contributed by atoms with Crippen LogP contribution in [0.3, 0.4) is 0 Å². The van der Waals surface area contributed by atoms with E-state index in [2.05, 4.69) is 0 Å². The van der Waals surface area contributed by atoms with Crippen LogP contribution in [0.1, 0.15) is 22.8 Å². The number of carbonyl (C=O) groups is 1. The SMILES string of the molecule is CC(CCl)Cc1ccccc1C(=O)O. The summed E-state index contributed by atoms with van der Waals surface area (Å²) in [5.74, 6) is -0.0203. The lowest BCUT2D eigenvalue weighted by Crippen LogP contribution is -2.07. The zero-order valence-corrected chi connectivity index (χ0v) is 8.79. The largest absolute Gasteiger partial charge is 0.478 e. The van der Waals surface area contributed by atoms with Gasteiger partial charge in [0.1, 0.15) is 0 Å². The van der Waals surface area contributed by atoms with Crippen LogP contribution in [-0.4, -0.2) is 17.0 Å². The number of carboxylic acids is 1. The molecule has 2 nitrogen and oxygen atoms in total. The summed E-state index contributed by atoms with van der Waals surface area (Å²) in [7, 11) is 0. The maximum Gasteiger partial charge on any atom is 0.335 e. The van der Waals surface area contributed by atoms with Gasteiger partial charge in [-0.3, -0.25) is 0 Å². The van der Waals surface area contributed by atoms with Crippen molar-refractivity contribution < 1.29 is 9.90 Å². The molecule has 0 saturated heterocycles. The molecule has 0 fully saturated rings. The Morgan fingerprint density at radius 2 is 2.14 bits per heavy atom. The molecule has 0 aromatic heterocycles. The predicted molar refractivity (Wildman–Crippen MR) is 57.0 cm³/mol. The fraction of sp³-hybridized carbons (Fsp3) is 0.364. The van der Waals surface area contributed by atoms with Gasteiger partial charge in [0.05, 0.1) is 5.56 Å². The summed E-state index contributed by atoms with van der Waals surface area (Å²) in [6.07, 6.45) is 0.714. The predicted octanol–water partition coefficient (Wildman–Crippen LogP) is 2.80. The Balaban J connectivity index is 2.90. The second-order valence-electron chi connectivity index (χ2n) is 3.43. The molecule has 0 aliphatic heterocycles. The molecule has 76 valence electrons. The Hall–Kier alpha value is -1.02. The number of alkyl halides is 1. The highest BCUT2D eigenvalue weighted by Gasteiger charge is 2.11. The summed E-state index contributed by atoms with van der Waals surface area (Å²) >= 11 is 5.69. The van der Waals surface area contributed by atoms with E-state index in [-0.39, 0.29) is 0 Å². The molecule has 0 bridgehead atoms. The number of hydrogen-bond donors (Lipinski definition) is 1. The second kappa shape index (κ2) is 5.01. The second-order valence-corrected chi connectivity index (χ2v) is 3.73. The summed E-state index contributed by atoms with van der Waals surface area (Å²) in [5.41, 5.74) is 1.23. The maximum atomic E-state index is 10.9. The average molecular weight is 213 g/mol. The number of hydrogen-bond acceptors (Lipinski definition) is 1. The number of aromatic carboxylic acids is 1. The fourth-order valence-corrected chi connectivity index (χ4v) is 1.45. The van der Waals surface area contributed by atoms with Gasteiger partial charge in [0.15, 0.2) is 0 Å². The van der Waals surface area contributed by atoms with Crippen LogP contribution in [0.2, 0.25) is 0 Å². The zero-order valence-electron chi connectivity index (χ0n) is 8.03. The minimum atomic E-state index is -0.873. The van der Waals surface area contributed by atoms with Gasteiger partial charge in [0, 0.05) is 5.88 Å². The third-order valence-electron chi connectivity index (χ3n) is 2.08. The monoisotopic (exact) mass is 212 g/mol. The van der Waals surface area contributed by atoms with E-state index in [0.717, 1.165) is 5.56 Å². The van der Waals surface area contributed by atoms with Gasteiger partial charge in [0.25, 0.3) is 0 Å². The summed E-state index contributed by atoms with van der Waals surface area (Å²) < 4.78 is 0. The molecule has 1 aromatic carbocycles. The van der Waals surface area contributed by atoms with Gasteiger partial charge in [-0.25, -0.2) is 4.79 Å². The highest BCUT2D eigenvalue weighted by atomic mass is 35.5. The van der Waals surface area contributed by atoms with E-state index in [9.17, 15) is 4.79 Å². The van der Waals surface area contributed by atoms with E-state index >= 15 is 0 Å². The van der Waals surface area contributed by atoms with Gasteiger partial charge in [0.2, 0.25) is 0 Å². The van der Waals surface area contributed by atoms with Gasteiger partial charge < -0.3 is 5.11 Å². The molecule has 3 heteroatoms. The van der Waals surface area contributed by atoms with Crippen LogP contribution in [-0.2, 0) is 6.42 Å². The van der Waals surface area contributed by atoms with Gasteiger partial charge in [-0.05, 0) is 24.0 Å². The Bertz CT molecular complexity index is 323. The lowest BCUT2D eigenvalue weighted by atomic mass is 9.98. The lowest BCUT2D eigenvalue weighted by molar-refractivity contribution is 0.0695. The number of halogens is 1. The van der Waals surface area contributed by atoms with Crippen molar-refractivity contribution in [2.24, 2.45) is 5.92 Å². The van der Waals surface area contributed by atoms with Crippen molar-refractivity contribution in [2.75, 3.05) is 5.88 Å². The van der Waals surface area contributed by atoms with Crippen molar-refractivity contribution in [1.29, 1.82) is 0 Å². The smallest absolute Gasteiger partial charge is 0.335 e. The standard InChI is InChI=1S/C11H13ClO2/c1-8(7-12)6-9-4-2-3-5-10(9)11(13)14/h2-5,8H,6-7H2,1H3,(H,13,14). The first-order chi connectivity index (χ1) is 6.65. The molecular formula is C11H13ClO2.